The van der Waals surface area contributed by atoms with E-state index in [9.17, 15) is 0 Å². The standard InChI is InChI=1S/C8H15N2/c1-3-8(2)10-6-4-9-5-7-10/h3,9H,1,4-7H2,2H3. The molecule has 0 aromatic carbocycles. The maximum Gasteiger partial charge on any atom is 0.0300 e. The number of nitrogens with zero attached hydrogens (tertiary/aromatic N) is 1. The van der Waals surface area contributed by atoms with Gasteiger partial charge in [-0.1, -0.05) is 6.08 Å². The first-order chi connectivity index (χ1) is 4.84. The number of hydrogen-bond donors (Lipinski definition) is 1. The molecule has 10 heavy (non-hydrogen) atoms. The average Bonchev–Trinajstić information content (AvgIpc) is 2.05. The van der Waals surface area contributed by atoms with E-state index in [-0.39, 0.29) is 0 Å². The molecule has 0 unspecified atom stereocenters. The van der Waals surface area contributed by atoms with Crippen LogP contribution < -0.4 is 5.32 Å². The minimum Gasteiger partial charge on any atom is -0.373 e. The minimum atomic E-state index is 1.10. The molecule has 0 bridgehead atoms. The predicted octanol–water partition coefficient (Wildman–Crippen LogP) is 0.629. The van der Waals surface area contributed by atoms with Crippen LogP contribution in [0.5, 0.6) is 0 Å². The molecule has 0 aromatic rings. The van der Waals surface area contributed by atoms with Crippen molar-refractivity contribution in [3.8, 4) is 0 Å². The first kappa shape index (κ1) is 7.61. The molecule has 1 heterocycles. The van der Waals surface area contributed by atoms with Crippen molar-refractivity contribution in [1.82, 2.24) is 10.2 Å². The van der Waals surface area contributed by atoms with Gasteiger partial charge in [0, 0.05) is 31.9 Å². The lowest BCUT2D eigenvalue weighted by Gasteiger charge is -2.29. The molecular formula is C8H15N2. The molecule has 1 aliphatic rings. The van der Waals surface area contributed by atoms with Gasteiger partial charge in [0.2, 0.25) is 0 Å². The molecule has 2 nitrogen and oxygen atoms in total. The van der Waals surface area contributed by atoms with Crippen molar-refractivity contribution < 1.29 is 0 Å². The van der Waals surface area contributed by atoms with E-state index in [0.29, 0.717) is 0 Å². The summed E-state index contributed by atoms with van der Waals surface area (Å²) in [4.78, 5) is 2.35. The van der Waals surface area contributed by atoms with Gasteiger partial charge in [-0.2, -0.15) is 0 Å². The molecule has 2 heteroatoms. The summed E-state index contributed by atoms with van der Waals surface area (Å²) in [6.45, 7) is 10.3. The van der Waals surface area contributed by atoms with Crippen molar-refractivity contribution >= 4 is 0 Å². The van der Waals surface area contributed by atoms with Crippen LogP contribution in [0.2, 0.25) is 0 Å². The summed E-state index contributed by atoms with van der Waals surface area (Å²) in [5.41, 5.74) is 1.29. The van der Waals surface area contributed by atoms with Gasteiger partial charge in [-0.25, -0.2) is 0 Å². The fourth-order valence-corrected chi connectivity index (χ4v) is 1.15. The number of allylic oxidation sites excluding steroid dienone is 2. The molecule has 0 atom stereocenters. The van der Waals surface area contributed by atoms with E-state index in [0.717, 1.165) is 26.2 Å². The van der Waals surface area contributed by atoms with Crippen LogP contribution in [0.25, 0.3) is 0 Å². The largest absolute Gasteiger partial charge is 0.373 e. The number of nitrogens with one attached hydrogen (secondary N) is 1. The van der Waals surface area contributed by atoms with E-state index in [4.69, 9.17) is 0 Å². The van der Waals surface area contributed by atoms with Crippen molar-refractivity contribution in [3.05, 3.63) is 18.7 Å². The van der Waals surface area contributed by atoms with Crippen LogP contribution in [0, 0.1) is 6.92 Å². The third-order valence-corrected chi connectivity index (χ3v) is 1.91. The number of hydrogen-bond acceptors (Lipinski definition) is 2. The second-order valence-corrected chi connectivity index (χ2v) is 2.58. The zero-order valence-corrected chi connectivity index (χ0v) is 6.56. The Balaban J connectivity index is 2.39. The van der Waals surface area contributed by atoms with Gasteiger partial charge in [-0.3, -0.25) is 0 Å². The molecule has 1 N–H and O–H groups in total. The third-order valence-electron chi connectivity index (χ3n) is 1.91. The molecule has 0 aliphatic carbocycles. The molecule has 0 aromatic heterocycles. The van der Waals surface area contributed by atoms with Crippen LogP contribution in [-0.4, -0.2) is 31.1 Å². The van der Waals surface area contributed by atoms with Crippen molar-refractivity contribution in [1.29, 1.82) is 0 Å². The lowest BCUT2D eigenvalue weighted by Crippen LogP contribution is -2.42. The van der Waals surface area contributed by atoms with Gasteiger partial charge in [-0.05, 0) is 13.8 Å². The molecule has 0 saturated carbocycles. The van der Waals surface area contributed by atoms with E-state index >= 15 is 0 Å². The smallest absolute Gasteiger partial charge is 0.0300 e. The van der Waals surface area contributed by atoms with Gasteiger partial charge >= 0.3 is 0 Å². The highest BCUT2D eigenvalue weighted by molar-refractivity contribution is 5.00. The Hall–Kier alpha value is -0.500. The lowest BCUT2D eigenvalue weighted by atomic mass is 10.3. The fraction of sp³-hybridized carbons (Fsp3) is 0.625. The summed E-state index contributed by atoms with van der Waals surface area (Å²) in [5, 5.41) is 3.30. The van der Waals surface area contributed by atoms with Crippen LogP contribution in [0.3, 0.4) is 0 Å². The zero-order valence-electron chi connectivity index (χ0n) is 6.56. The lowest BCUT2D eigenvalue weighted by molar-refractivity contribution is 0.300. The normalized spacial score (nSPS) is 21.4. The predicted molar refractivity (Wildman–Crippen MR) is 43.6 cm³/mol. The first-order valence-corrected chi connectivity index (χ1v) is 3.76. The zero-order chi connectivity index (χ0) is 7.40. The van der Waals surface area contributed by atoms with E-state index in [1.165, 1.54) is 5.70 Å². The van der Waals surface area contributed by atoms with Gasteiger partial charge < -0.3 is 10.2 Å². The second kappa shape index (κ2) is 3.62. The highest BCUT2D eigenvalue weighted by Gasteiger charge is 2.07. The van der Waals surface area contributed by atoms with E-state index < -0.39 is 0 Å². The molecule has 1 rings (SSSR count). The van der Waals surface area contributed by atoms with Crippen LogP contribution in [-0.2, 0) is 0 Å². The molecule has 57 valence electrons. The van der Waals surface area contributed by atoms with Crippen LogP contribution >= 0.6 is 0 Å². The van der Waals surface area contributed by atoms with Gasteiger partial charge in [-0.15, -0.1) is 0 Å². The van der Waals surface area contributed by atoms with Crippen LogP contribution in [0.1, 0.15) is 6.92 Å². The van der Waals surface area contributed by atoms with Crippen LogP contribution in [0.15, 0.2) is 11.8 Å². The van der Waals surface area contributed by atoms with E-state index in [2.05, 4.69) is 24.1 Å². The van der Waals surface area contributed by atoms with Gasteiger partial charge in [0.1, 0.15) is 0 Å². The fourth-order valence-electron chi connectivity index (χ4n) is 1.15. The molecule has 0 spiro atoms. The molecule has 1 saturated heterocycles. The summed E-state index contributed by atoms with van der Waals surface area (Å²) >= 11 is 0. The van der Waals surface area contributed by atoms with Gasteiger partial charge in [0.05, 0.1) is 0 Å². The van der Waals surface area contributed by atoms with Gasteiger partial charge in [0.15, 0.2) is 0 Å². The number of rotatable bonds is 1. The Morgan fingerprint density at radius 1 is 1.50 bits per heavy atom. The summed E-state index contributed by atoms with van der Waals surface area (Å²) in [6, 6.07) is 0. The van der Waals surface area contributed by atoms with E-state index in [1.54, 1.807) is 0 Å². The van der Waals surface area contributed by atoms with Crippen molar-refractivity contribution in [3.63, 3.8) is 0 Å². The highest BCUT2D eigenvalue weighted by atomic mass is 15.2. The third kappa shape index (κ3) is 1.74. The maximum atomic E-state index is 3.74. The molecule has 0 amide bonds. The Kier molecular flexibility index (Phi) is 2.75. The molecule has 1 radical (unpaired) electrons. The Morgan fingerprint density at radius 3 is 2.60 bits per heavy atom. The number of piperazine rings is 1. The Morgan fingerprint density at radius 2 is 2.10 bits per heavy atom. The van der Waals surface area contributed by atoms with Crippen molar-refractivity contribution in [2.45, 2.75) is 6.92 Å². The summed E-state index contributed by atoms with van der Waals surface area (Å²) in [7, 11) is 0. The van der Waals surface area contributed by atoms with Gasteiger partial charge in [0.25, 0.3) is 0 Å². The summed E-state index contributed by atoms with van der Waals surface area (Å²) in [6.07, 6.45) is 1.92. The second-order valence-electron chi connectivity index (χ2n) is 2.58. The summed E-state index contributed by atoms with van der Waals surface area (Å²) in [5.74, 6) is 0. The molecular weight excluding hydrogens is 124 g/mol. The molecule has 1 fully saturated rings. The Labute approximate surface area is 62.9 Å². The van der Waals surface area contributed by atoms with Crippen molar-refractivity contribution in [2.75, 3.05) is 26.2 Å². The highest BCUT2D eigenvalue weighted by Crippen LogP contribution is 2.02. The van der Waals surface area contributed by atoms with Crippen LogP contribution in [0.4, 0.5) is 0 Å². The monoisotopic (exact) mass is 139 g/mol. The SMILES string of the molecule is [CH2]C=C(C)N1CCNCC1. The quantitative estimate of drug-likeness (QED) is 0.573. The summed E-state index contributed by atoms with van der Waals surface area (Å²) < 4.78 is 0. The first-order valence-electron chi connectivity index (χ1n) is 3.76. The minimum absolute atomic E-state index is 1.10. The maximum absolute atomic E-state index is 3.74. The average molecular weight is 139 g/mol. The van der Waals surface area contributed by atoms with E-state index in [1.807, 2.05) is 6.08 Å². The molecule has 1 aliphatic heterocycles. The topological polar surface area (TPSA) is 15.3 Å². The Bertz CT molecular complexity index is 123. The van der Waals surface area contributed by atoms with Crippen molar-refractivity contribution in [2.24, 2.45) is 0 Å².